The van der Waals surface area contributed by atoms with E-state index in [-0.39, 0.29) is 5.97 Å². The monoisotopic (exact) mass is 296 g/mol. The van der Waals surface area contributed by atoms with Gasteiger partial charge in [0.2, 0.25) is 0 Å². The van der Waals surface area contributed by atoms with E-state index < -0.39 is 5.54 Å². The maximum atomic E-state index is 12.4. The molecule has 1 saturated carbocycles. The van der Waals surface area contributed by atoms with Crippen LogP contribution >= 0.6 is 0 Å². The summed E-state index contributed by atoms with van der Waals surface area (Å²) in [6, 6.07) is 0. The molecule has 1 aliphatic carbocycles. The van der Waals surface area contributed by atoms with Crippen LogP contribution in [0.2, 0.25) is 0 Å². The average molecular weight is 296 g/mol. The molecular weight excluding hydrogens is 264 g/mol. The molecule has 1 N–H and O–H groups in total. The lowest BCUT2D eigenvalue weighted by Crippen LogP contribution is -2.54. The molecule has 1 saturated heterocycles. The van der Waals surface area contributed by atoms with Crippen LogP contribution in [0.15, 0.2) is 0 Å². The van der Waals surface area contributed by atoms with Crippen LogP contribution in [0.4, 0.5) is 0 Å². The second-order valence-electron chi connectivity index (χ2n) is 7.22. The standard InChI is InChI=1S/C17H32N2O2/c1-5-21-15(20)17(18-4)11-6-8-14(17)9-13-19-12-7-10-16(19,2)3/h14,18H,5-13H2,1-4H3. The molecular formula is C17H32N2O2. The molecule has 0 aromatic rings. The van der Waals surface area contributed by atoms with E-state index in [4.69, 9.17) is 4.74 Å². The largest absolute Gasteiger partial charge is 0.465 e. The number of esters is 1. The first kappa shape index (κ1) is 16.8. The second kappa shape index (κ2) is 6.66. The lowest BCUT2D eigenvalue weighted by molar-refractivity contribution is -0.153. The molecule has 2 atom stereocenters. The van der Waals surface area contributed by atoms with Crippen LogP contribution in [-0.4, -0.2) is 48.7 Å². The number of hydrogen-bond donors (Lipinski definition) is 1. The predicted octanol–water partition coefficient (Wildman–Crippen LogP) is 2.57. The summed E-state index contributed by atoms with van der Waals surface area (Å²) in [6.45, 7) is 9.33. The van der Waals surface area contributed by atoms with Crippen molar-refractivity contribution < 1.29 is 9.53 Å². The van der Waals surface area contributed by atoms with E-state index in [1.807, 2.05) is 14.0 Å². The first-order valence-electron chi connectivity index (χ1n) is 8.57. The highest BCUT2D eigenvalue weighted by Gasteiger charge is 2.49. The molecule has 0 spiro atoms. The van der Waals surface area contributed by atoms with Gasteiger partial charge in [-0.3, -0.25) is 9.69 Å². The van der Waals surface area contributed by atoms with E-state index in [0.717, 1.165) is 32.2 Å². The molecule has 0 aromatic heterocycles. The van der Waals surface area contributed by atoms with Crippen molar-refractivity contribution in [2.45, 2.75) is 70.4 Å². The quantitative estimate of drug-likeness (QED) is 0.765. The molecule has 0 radical (unpaired) electrons. The first-order valence-corrected chi connectivity index (χ1v) is 8.57. The Morgan fingerprint density at radius 3 is 2.67 bits per heavy atom. The Kier molecular flexibility index (Phi) is 5.31. The predicted molar refractivity (Wildman–Crippen MR) is 85.3 cm³/mol. The molecule has 21 heavy (non-hydrogen) atoms. The summed E-state index contributed by atoms with van der Waals surface area (Å²) in [5.74, 6) is 0.355. The number of carbonyl (C=O) groups is 1. The van der Waals surface area contributed by atoms with Gasteiger partial charge in [-0.2, -0.15) is 0 Å². The van der Waals surface area contributed by atoms with Gasteiger partial charge in [-0.15, -0.1) is 0 Å². The Bertz CT molecular complexity index is 370. The Morgan fingerprint density at radius 2 is 2.10 bits per heavy atom. The van der Waals surface area contributed by atoms with E-state index in [1.165, 1.54) is 19.4 Å². The van der Waals surface area contributed by atoms with Gasteiger partial charge in [0.15, 0.2) is 0 Å². The molecule has 4 nitrogen and oxygen atoms in total. The molecule has 1 aliphatic heterocycles. The molecule has 1 heterocycles. The van der Waals surface area contributed by atoms with Crippen LogP contribution in [0.1, 0.15) is 59.3 Å². The average Bonchev–Trinajstić information content (AvgIpc) is 3.00. The highest BCUT2D eigenvalue weighted by molar-refractivity contribution is 5.81. The Hall–Kier alpha value is -0.610. The van der Waals surface area contributed by atoms with Crippen molar-refractivity contribution in [2.75, 3.05) is 26.7 Å². The fourth-order valence-electron chi connectivity index (χ4n) is 4.32. The van der Waals surface area contributed by atoms with Gasteiger partial charge in [-0.05, 0) is 78.9 Å². The van der Waals surface area contributed by atoms with E-state index in [2.05, 4.69) is 24.1 Å². The highest BCUT2D eigenvalue weighted by Crippen LogP contribution is 2.40. The van der Waals surface area contributed by atoms with E-state index in [9.17, 15) is 4.79 Å². The molecule has 2 aliphatic rings. The zero-order valence-electron chi connectivity index (χ0n) is 14.2. The van der Waals surface area contributed by atoms with Crippen molar-refractivity contribution in [1.29, 1.82) is 0 Å². The smallest absolute Gasteiger partial charge is 0.326 e. The summed E-state index contributed by atoms with van der Waals surface area (Å²) < 4.78 is 5.35. The summed E-state index contributed by atoms with van der Waals surface area (Å²) in [5.41, 5.74) is -0.120. The van der Waals surface area contributed by atoms with Gasteiger partial charge in [0.05, 0.1) is 6.61 Å². The third-order valence-corrected chi connectivity index (χ3v) is 5.73. The number of nitrogens with one attached hydrogen (secondary N) is 1. The third kappa shape index (κ3) is 3.26. The van der Waals surface area contributed by atoms with Crippen LogP contribution in [0, 0.1) is 5.92 Å². The van der Waals surface area contributed by atoms with Gasteiger partial charge >= 0.3 is 5.97 Å². The highest BCUT2D eigenvalue weighted by atomic mass is 16.5. The zero-order chi connectivity index (χ0) is 15.5. The zero-order valence-corrected chi connectivity index (χ0v) is 14.2. The lowest BCUT2D eigenvalue weighted by Gasteiger charge is -2.36. The van der Waals surface area contributed by atoms with E-state index in [0.29, 0.717) is 18.1 Å². The number of likely N-dealkylation sites (tertiary alicyclic amines) is 1. The van der Waals surface area contributed by atoms with Crippen molar-refractivity contribution in [1.82, 2.24) is 10.2 Å². The molecule has 2 fully saturated rings. The molecule has 0 amide bonds. The molecule has 2 rings (SSSR count). The summed E-state index contributed by atoms with van der Waals surface area (Å²) in [7, 11) is 1.91. The van der Waals surface area contributed by atoms with Gasteiger partial charge < -0.3 is 10.1 Å². The normalized spacial score (nSPS) is 32.5. The third-order valence-electron chi connectivity index (χ3n) is 5.73. The van der Waals surface area contributed by atoms with Crippen molar-refractivity contribution >= 4 is 5.97 Å². The van der Waals surface area contributed by atoms with Crippen molar-refractivity contribution in [3.8, 4) is 0 Å². The molecule has 122 valence electrons. The lowest BCUT2D eigenvalue weighted by atomic mass is 9.84. The van der Waals surface area contributed by atoms with Crippen LogP contribution in [0.25, 0.3) is 0 Å². The number of carbonyl (C=O) groups excluding carboxylic acids is 1. The van der Waals surface area contributed by atoms with Crippen molar-refractivity contribution in [3.63, 3.8) is 0 Å². The summed E-state index contributed by atoms with van der Waals surface area (Å²) >= 11 is 0. The van der Waals surface area contributed by atoms with E-state index >= 15 is 0 Å². The fraction of sp³-hybridized carbons (Fsp3) is 0.941. The number of nitrogens with zero attached hydrogens (tertiary/aromatic N) is 1. The van der Waals surface area contributed by atoms with Crippen LogP contribution in [-0.2, 0) is 9.53 Å². The fourth-order valence-corrected chi connectivity index (χ4v) is 4.32. The number of hydrogen-bond acceptors (Lipinski definition) is 4. The molecule has 0 bridgehead atoms. The minimum absolute atomic E-state index is 0.0457. The van der Waals surface area contributed by atoms with E-state index in [1.54, 1.807) is 0 Å². The van der Waals surface area contributed by atoms with Gasteiger partial charge in [0.1, 0.15) is 5.54 Å². The van der Waals surface area contributed by atoms with Gasteiger partial charge in [-0.25, -0.2) is 0 Å². The maximum absolute atomic E-state index is 12.4. The minimum Gasteiger partial charge on any atom is -0.465 e. The first-order chi connectivity index (χ1) is 9.96. The van der Waals surface area contributed by atoms with Gasteiger partial charge in [0, 0.05) is 5.54 Å². The molecule has 0 aromatic carbocycles. The number of likely N-dealkylation sites (N-methyl/N-ethyl adjacent to an activating group) is 1. The Morgan fingerprint density at radius 1 is 1.33 bits per heavy atom. The Balaban J connectivity index is 1.99. The Labute approximate surface area is 129 Å². The van der Waals surface area contributed by atoms with Crippen LogP contribution in [0.3, 0.4) is 0 Å². The van der Waals surface area contributed by atoms with Crippen LogP contribution < -0.4 is 5.32 Å². The SMILES string of the molecule is CCOC(=O)C1(NC)CCCC1CCN1CCCC1(C)C. The summed E-state index contributed by atoms with van der Waals surface area (Å²) in [4.78, 5) is 15.0. The minimum atomic E-state index is -0.445. The number of rotatable bonds is 6. The summed E-state index contributed by atoms with van der Waals surface area (Å²) in [5, 5.41) is 3.32. The maximum Gasteiger partial charge on any atom is 0.326 e. The molecule has 4 heteroatoms. The number of ether oxygens (including phenoxy) is 1. The van der Waals surface area contributed by atoms with Crippen LogP contribution in [0.5, 0.6) is 0 Å². The molecule has 2 unspecified atom stereocenters. The summed E-state index contributed by atoms with van der Waals surface area (Å²) in [6.07, 6.45) is 6.83. The topological polar surface area (TPSA) is 41.6 Å². The van der Waals surface area contributed by atoms with Gasteiger partial charge in [0.25, 0.3) is 0 Å². The van der Waals surface area contributed by atoms with Gasteiger partial charge in [-0.1, -0.05) is 6.42 Å². The second-order valence-corrected chi connectivity index (χ2v) is 7.22. The van der Waals surface area contributed by atoms with Crippen molar-refractivity contribution in [2.24, 2.45) is 5.92 Å². The van der Waals surface area contributed by atoms with Crippen molar-refractivity contribution in [3.05, 3.63) is 0 Å².